The fourth-order valence-corrected chi connectivity index (χ4v) is 3.05. The maximum absolute atomic E-state index is 12.2. The Morgan fingerprint density at radius 3 is 2.59 bits per heavy atom. The number of hydrogen-bond acceptors (Lipinski definition) is 5. The van der Waals surface area contributed by atoms with E-state index < -0.39 is 0 Å². The van der Waals surface area contributed by atoms with Gasteiger partial charge < -0.3 is 19.3 Å². The molecule has 0 spiro atoms. The van der Waals surface area contributed by atoms with Crippen molar-refractivity contribution < 1.29 is 19.1 Å². The molecule has 0 unspecified atom stereocenters. The molecule has 2 rings (SSSR count). The lowest BCUT2D eigenvalue weighted by Crippen LogP contribution is -2.34. The molecule has 1 saturated heterocycles. The summed E-state index contributed by atoms with van der Waals surface area (Å²) in [6.07, 6.45) is 2.46. The Morgan fingerprint density at radius 2 is 1.93 bits per heavy atom. The highest BCUT2D eigenvalue weighted by Crippen LogP contribution is 2.30. The van der Waals surface area contributed by atoms with Crippen LogP contribution in [0.5, 0.6) is 11.5 Å². The summed E-state index contributed by atoms with van der Waals surface area (Å²) in [5, 5.41) is 0. The number of carbonyl (C=O) groups is 2. The van der Waals surface area contributed by atoms with E-state index in [9.17, 15) is 9.59 Å². The lowest BCUT2D eigenvalue weighted by molar-refractivity contribution is -0.133. The zero-order valence-corrected chi connectivity index (χ0v) is 16.8. The Balaban J connectivity index is 2.16. The molecule has 0 aromatic heterocycles. The van der Waals surface area contributed by atoms with Gasteiger partial charge in [0.15, 0.2) is 23.9 Å². The van der Waals surface area contributed by atoms with E-state index in [1.54, 1.807) is 11.0 Å². The molecule has 1 heterocycles. The molecule has 0 atom stereocenters. The summed E-state index contributed by atoms with van der Waals surface area (Å²) >= 11 is 0. The number of carbonyl (C=O) groups excluding carboxylic acids is 2. The third kappa shape index (κ3) is 5.82. The molecule has 27 heavy (non-hydrogen) atoms. The van der Waals surface area contributed by atoms with E-state index in [-0.39, 0.29) is 18.3 Å². The number of ketones is 1. The van der Waals surface area contributed by atoms with Crippen LogP contribution in [0, 0.1) is 0 Å². The first kappa shape index (κ1) is 21.0. The number of nitrogens with zero attached hydrogens (tertiary/aromatic N) is 2. The molecule has 1 aliphatic rings. The van der Waals surface area contributed by atoms with Crippen molar-refractivity contribution in [2.75, 3.05) is 46.4 Å². The largest absolute Gasteiger partial charge is 0.490 e. The van der Waals surface area contributed by atoms with Gasteiger partial charge in [0.1, 0.15) is 0 Å². The lowest BCUT2D eigenvalue weighted by atomic mass is 10.0. The van der Waals surface area contributed by atoms with E-state index in [1.807, 2.05) is 46.0 Å². The highest BCUT2D eigenvalue weighted by molar-refractivity contribution is 6.00. The molecule has 1 aromatic rings. The van der Waals surface area contributed by atoms with Crippen LogP contribution in [-0.2, 0) is 9.59 Å². The van der Waals surface area contributed by atoms with Crippen LogP contribution in [0.15, 0.2) is 23.8 Å². The number of ether oxygens (including phenoxy) is 2. The predicted molar refractivity (Wildman–Crippen MR) is 106 cm³/mol. The third-order valence-electron chi connectivity index (χ3n) is 4.59. The van der Waals surface area contributed by atoms with Crippen LogP contribution in [0.25, 0.3) is 6.08 Å². The Hall–Kier alpha value is -2.34. The summed E-state index contributed by atoms with van der Waals surface area (Å²) in [5.74, 6) is 1.25. The highest BCUT2D eigenvalue weighted by atomic mass is 16.5. The van der Waals surface area contributed by atoms with Crippen LogP contribution >= 0.6 is 0 Å². The fourth-order valence-electron chi connectivity index (χ4n) is 3.05. The Morgan fingerprint density at radius 1 is 1.19 bits per heavy atom. The SMILES string of the molecule is CCOc1cc(/C=C2\CN(C)CCC2=O)ccc1OCC(=O)N(CC)CC. The maximum atomic E-state index is 12.2. The Bertz CT molecular complexity index is 695. The number of Topliss-reactive ketones (excluding diaryl/α,β-unsaturated/α-hetero) is 1. The fraction of sp³-hybridized carbons (Fsp3) is 0.524. The molecular weight excluding hydrogens is 344 g/mol. The van der Waals surface area contributed by atoms with Gasteiger partial charge in [-0.3, -0.25) is 9.59 Å². The molecule has 0 aliphatic carbocycles. The van der Waals surface area contributed by atoms with Gasteiger partial charge in [-0.05, 0) is 51.6 Å². The van der Waals surface area contributed by atoms with Gasteiger partial charge in [0.2, 0.25) is 0 Å². The minimum Gasteiger partial charge on any atom is -0.490 e. The lowest BCUT2D eigenvalue weighted by Gasteiger charge is -2.23. The van der Waals surface area contributed by atoms with E-state index in [4.69, 9.17) is 9.47 Å². The average Bonchev–Trinajstić information content (AvgIpc) is 2.65. The van der Waals surface area contributed by atoms with Gasteiger partial charge in [-0.1, -0.05) is 6.07 Å². The number of likely N-dealkylation sites (N-methyl/N-ethyl adjacent to an activating group) is 2. The van der Waals surface area contributed by atoms with Crippen molar-refractivity contribution in [3.8, 4) is 11.5 Å². The van der Waals surface area contributed by atoms with E-state index in [0.717, 1.165) is 17.7 Å². The molecule has 0 saturated carbocycles. The van der Waals surface area contributed by atoms with Crippen LogP contribution < -0.4 is 9.47 Å². The maximum Gasteiger partial charge on any atom is 0.260 e. The first-order valence-corrected chi connectivity index (χ1v) is 9.58. The van der Waals surface area contributed by atoms with Crippen LogP contribution in [0.3, 0.4) is 0 Å². The van der Waals surface area contributed by atoms with Crippen molar-refractivity contribution in [1.82, 2.24) is 9.80 Å². The van der Waals surface area contributed by atoms with Crippen molar-refractivity contribution in [2.45, 2.75) is 27.2 Å². The average molecular weight is 374 g/mol. The second-order valence-electron chi connectivity index (χ2n) is 6.57. The second-order valence-corrected chi connectivity index (χ2v) is 6.57. The van der Waals surface area contributed by atoms with E-state index >= 15 is 0 Å². The van der Waals surface area contributed by atoms with Crippen LogP contribution in [0.2, 0.25) is 0 Å². The van der Waals surface area contributed by atoms with Gasteiger partial charge in [0.25, 0.3) is 5.91 Å². The monoisotopic (exact) mass is 374 g/mol. The van der Waals surface area contributed by atoms with Crippen LogP contribution in [0.4, 0.5) is 0 Å². The predicted octanol–water partition coefficient (Wildman–Crippen LogP) is 2.62. The number of benzene rings is 1. The van der Waals surface area contributed by atoms with Crippen molar-refractivity contribution in [1.29, 1.82) is 0 Å². The minimum absolute atomic E-state index is 0.0224. The topological polar surface area (TPSA) is 59.1 Å². The molecule has 1 fully saturated rings. The van der Waals surface area contributed by atoms with Crippen molar-refractivity contribution in [3.63, 3.8) is 0 Å². The number of amides is 1. The summed E-state index contributed by atoms with van der Waals surface area (Å²) in [4.78, 5) is 28.1. The number of hydrogen-bond donors (Lipinski definition) is 0. The van der Waals surface area contributed by atoms with E-state index in [0.29, 0.717) is 44.2 Å². The van der Waals surface area contributed by atoms with Gasteiger partial charge in [-0.15, -0.1) is 0 Å². The Kier molecular flexibility index (Phi) is 7.85. The molecule has 1 amide bonds. The summed E-state index contributed by atoms with van der Waals surface area (Å²) in [6.45, 7) is 9.02. The molecule has 1 aliphatic heterocycles. The Labute approximate surface area is 161 Å². The van der Waals surface area contributed by atoms with Gasteiger partial charge in [-0.2, -0.15) is 0 Å². The first-order chi connectivity index (χ1) is 13.0. The number of rotatable bonds is 8. The minimum atomic E-state index is -0.0514. The van der Waals surface area contributed by atoms with Crippen LogP contribution in [-0.4, -0.2) is 67.9 Å². The van der Waals surface area contributed by atoms with Gasteiger partial charge in [-0.25, -0.2) is 0 Å². The molecule has 6 nitrogen and oxygen atoms in total. The summed E-state index contributed by atoms with van der Waals surface area (Å²) in [5.41, 5.74) is 1.69. The number of piperidine rings is 1. The summed E-state index contributed by atoms with van der Waals surface area (Å²) in [7, 11) is 2.01. The van der Waals surface area contributed by atoms with Gasteiger partial charge >= 0.3 is 0 Å². The molecular formula is C21H30N2O4. The first-order valence-electron chi connectivity index (χ1n) is 9.58. The molecule has 148 valence electrons. The molecule has 0 radical (unpaired) electrons. The van der Waals surface area contributed by atoms with Crippen molar-refractivity contribution >= 4 is 17.8 Å². The van der Waals surface area contributed by atoms with Crippen LogP contribution in [0.1, 0.15) is 32.8 Å². The summed E-state index contributed by atoms with van der Waals surface area (Å²) in [6, 6.07) is 5.54. The molecule has 0 bridgehead atoms. The quantitative estimate of drug-likeness (QED) is 0.655. The highest BCUT2D eigenvalue weighted by Gasteiger charge is 2.19. The molecule has 0 N–H and O–H groups in total. The normalized spacial score (nSPS) is 16.4. The smallest absolute Gasteiger partial charge is 0.260 e. The zero-order valence-electron chi connectivity index (χ0n) is 16.8. The van der Waals surface area contributed by atoms with Gasteiger partial charge in [0, 0.05) is 38.2 Å². The molecule has 6 heteroatoms. The van der Waals surface area contributed by atoms with Gasteiger partial charge in [0.05, 0.1) is 6.61 Å². The van der Waals surface area contributed by atoms with E-state index in [1.165, 1.54) is 0 Å². The summed E-state index contributed by atoms with van der Waals surface area (Å²) < 4.78 is 11.4. The van der Waals surface area contributed by atoms with Crippen molar-refractivity contribution in [2.24, 2.45) is 0 Å². The second kappa shape index (κ2) is 10.1. The number of likely N-dealkylation sites (tertiary alicyclic amines) is 1. The molecule has 1 aromatic carbocycles. The standard InChI is InChI=1S/C21H30N2O4/c1-5-23(6-2)21(25)15-27-19-9-8-16(13-20(19)26-7-3)12-17-14-22(4)11-10-18(17)24/h8-9,12-13H,5-7,10-11,14-15H2,1-4H3/b17-12+. The zero-order chi connectivity index (χ0) is 19.8. The third-order valence-corrected chi connectivity index (χ3v) is 4.59. The van der Waals surface area contributed by atoms with E-state index in [2.05, 4.69) is 4.90 Å². The van der Waals surface area contributed by atoms with Crippen molar-refractivity contribution in [3.05, 3.63) is 29.3 Å².